The Labute approximate surface area is 146 Å². The Balaban J connectivity index is 1.39. The van der Waals surface area contributed by atoms with Gasteiger partial charge in [-0.3, -0.25) is 9.59 Å². The molecule has 3 aliphatic rings. The smallest absolute Gasteiger partial charge is 0.227 e. The SMILES string of the molecule is NC(CNC(=O)C1CC(=O)N(c2ccc3c(c2)OCCO3)C1)C1CC1. The highest BCUT2D eigenvalue weighted by Crippen LogP contribution is 2.36. The predicted octanol–water partition coefficient (Wildman–Crippen LogP) is 0.664. The summed E-state index contributed by atoms with van der Waals surface area (Å²) in [5, 5.41) is 2.90. The van der Waals surface area contributed by atoms with Gasteiger partial charge in [0, 0.05) is 37.3 Å². The van der Waals surface area contributed by atoms with Gasteiger partial charge in [0.05, 0.1) is 5.92 Å². The highest BCUT2D eigenvalue weighted by molar-refractivity contribution is 6.00. The summed E-state index contributed by atoms with van der Waals surface area (Å²) < 4.78 is 11.1. The molecule has 0 spiro atoms. The summed E-state index contributed by atoms with van der Waals surface area (Å²) in [7, 11) is 0. The number of carbonyl (C=O) groups is 2. The Morgan fingerprint density at radius 2 is 2.04 bits per heavy atom. The van der Waals surface area contributed by atoms with Crippen LogP contribution in [-0.4, -0.2) is 44.2 Å². The summed E-state index contributed by atoms with van der Waals surface area (Å²) >= 11 is 0. The minimum absolute atomic E-state index is 0.0231. The van der Waals surface area contributed by atoms with Gasteiger partial charge in [-0.25, -0.2) is 0 Å². The minimum atomic E-state index is -0.341. The highest BCUT2D eigenvalue weighted by atomic mass is 16.6. The fraction of sp³-hybridized carbons (Fsp3) is 0.556. The fourth-order valence-corrected chi connectivity index (χ4v) is 3.39. The van der Waals surface area contributed by atoms with E-state index in [9.17, 15) is 9.59 Å². The molecule has 0 aromatic heterocycles. The third-order valence-electron chi connectivity index (χ3n) is 5.07. The molecule has 1 saturated carbocycles. The topological polar surface area (TPSA) is 93.9 Å². The van der Waals surface area contributed by atoms with Gasteiger partial charge in [0.2, 0.25) is 11.8 Å². The van der Waals surface area contributed by atoms with E-state index in [1.807, 2.05) is 6.07 Å². The van der Waals surface area contributed by atoms with Crippen molar-refractivity contribution in [1.82, 2.24) is 5.32 Å². The lowest BCUT2D eigenvalue weighted by Crippen LogP contribution is -2.41. The number of benzene rings is 1. The fourth-order valence-electron chi connectivity index (χ4n) is 3.39. The minimum Gasteiger partial charge on any atom is -0.486 e. The van der Waals surface area contributed by atoms with E-state index >= 15 is 0 Å². The molecule has 7 heteroatoms. The van der Waals surface area contributed by atoms with Crippen LogP contribution in [0.15, 0.2) is 18.2 Å². The van der Waals surface area contributed by atoms with Crippen LogP contribution in [0, 0.1) is 11.8 Å². The van der Waals surface area contributed by atoms with E-state index in [2.05, 4.69) is 5.32 Å². The molecule has 2 fully saturated rings. The molecule has 4 rings (SSSR count). The molecule has 2 unspecified atom stereocenters. The van der Waals surface area contributed by atoms with Crippen LogP contribution in [0.5, 0.6) is 11.5 Å². The Morgan fingerprint density at radius 1 is 1.28 bits per heavy atom. The number of fused-ring (bicyclic) bond motifs is 1. The van der Waals surface area contributed by atoms with Crippen LogP contribution in [-0.2, 0) is 9.59 Å². The standard InChI is InChI=1S/C18H23N3O4/c19-14(11-1-2-11)9-20-18(23)12-7-17(22)21(10-12)13-3-4-15-16(8-13)25-6-5-24-15/h3-4,8,11-12,14H,1-2,5-7,9-10,19H2,(H,20,23). The van der Waals surface area contributed by atoms with E-state index in [4.69, 9.17) is 15.2 Å². The highest BCUT2D eigenvalue weighted by Gasteiger charge is 2.36. The molecule has 1 aromatic rings. The molecule has 1 aromatic carbocycles. The van der Waals surface area contributed by atoms with Crippen LogP contribution in [0.1, 0.15) is 19.3 Å². The first kappa shape index (κ1) is 16.2. The summed E-state index contributed by atoms with van der Waals surface area (Å²) in [6, 6.07) is 5.46. The number of anilines is 1. The summed E-state index contributed by atoms with van der Waals surface area (Å²) in [6.07, 6.45) is 2.52. The van der Waals surface area contributed by atoms with Gasteiger partial charge >= 0.3 is 0 Å². The Morgan fingerprint density at radius 3 is 2.80 bits per heavy atom. The van der Waals surface area contributed by atoms with Gasteiger partial charge in [0.1, 0.15) is 13.2 Å². The first-order valence-electron chi connectivity index (χ1n) is 8.85. The van der Waals surface area contributed by atoms with Gasteiger partial charge in [-0.15, -0.1) is 0 Å². The molecule has 25 heavy (non-hydrogen) atoms. The summed E-state index contributed by atoms with van der Waals surface area (Å²) in [5.74, 6) is 1.38. The quantitative estimate of drug-likeness (QED) is 0.818. The molecule has 2 aliphatic heterocycles. The Hall–Kier alpha value is -2.28. The van der Waals surface area contributed by atoms with E-state index in [1.54, 1.807) is 17.0 Å². The van der Waals surface area contributed by atoms with Crippen molar-refractivity contribution in [3.8, 4) is 11.5 Å². The molecule has 2 atom stereocenters. The molecule has 0 radical (unpaired) electrons. The molecule has 1 saturated heterocycles. The van der Waals surface area contributed by atoms with Gasteiger partial charge in [-0.2, -0.15) is 0 Å². The van der Waals surface area contributed by atoms with Gasteiger partial charge in [0.25, 0.3) is 0 Å². The molecule has 0 bridgehead atoms. The van der Waals surface area contributed by atoms with Crippen molar-refractivity contribution in [2.75, 3.05) is 31.2 Å². The third-order valence-corrected chi connectivity index (χ3v) is 5.07. The lowest BCUT2D eigenvalue weighted by molar-refractivity contribution is -0.126. The number of rotatable bonds is 5. The van der Waals surface area contributed by atoms with Crippen molar-refractivity contribution in [1.29, 1.82) is 0 Å². The summed E-state index contributed by atoms with van der Waals surface area (Å²) in [5.41, 5.74) is 6.75. The number of nitrogens with two attached hydrogens (primary N) is 1. The summed E-state index contributed by atoms with van der Waals surface area (Å²) in [4.78, 5) is 26.4. The third kappa shape index (κ3) is 3.42. The van der Waals surface area contributed by atoms with E-state index in [1.165, 1.54) is 0 Å². The van der Waals surface area contributed by atoms with Crippen LogP contribution in [0.4, 0.5) is 5.69 Å². The number of carbonyl (C=O) groups excluding carboxylic acids is 2. The molecule has 134 valence electrons. The second kappa shape index (κ2) is 6.55. The maximum atomic E-state index is 12.4. The maximum absolute atomic E-state index is 12.4. The number of amides is 2. The van der Waals surface area contributed by atoms with E-state index in [-0.39, 0.29) is 30.2 Å². The number of nitrogens with zero attached hydrogens (tertiary/aromatic N) is 1. The first-order chi connectivity index (χ1) is 12.1. The summed E-state index contributed by atoms with van der Waals surface area (Å²) in [6.45, 7) is 1.89. The lowest BCUT2D eigenvalue weighted by Gasteiger charge is -2.22. The zero-order valence-corrected chi connectivity index (χ0v) is 14.1. The van der Waals surface area contributed by atoms with E-state index in [0.29, 0.717) is 43.7 Å². The molecule has 3 N–H and O–H groups in total. The van der Waals surface area contributed by atoms with Gasteiger partial charge in [0.15, 0.2) is 11.5 Å². The predicted molar refractivity (Wildman–Crippen MR) is 91.6 cm³/mol. The van der Waals surface area contributed by atoms with Crippen molar-refractivity contribution < 1.29 is 19.1 Å². The Kier molecular flexibility index (Phi) is 4.25. The average molecular weight is 345 g/mol. The number of ether oxygens (including phenoxy) is 2. The van der Waals surface area contributed by atoms with E-state index in [0.717, 1.165) is 18.5 Å². The van der Waals surface area contributed by atoms with Crippen LogP contribution in [0.3, 0.4) is 0 Å². The zero-order valence-electron chi connectivity index (χ0n) is 14.1. The second-order valence-corrected chi connectivity index (χ2v) is 6.98. The molecular weight excluding hydrogens is 322 g/mol. The number of hydrogen-bond donors (Lipinski definition) is 2. The monoisotopic (exact) mass is 345 g/mol. The van der Waals surface area contributed by atoms with Crippen molar-refractivity contribution in [3.05, 3.63) is 18.2 Å². The first-order valence-corrected chi connectivity index (χ1v) is 8.85. The molecule has 7 nitrogen and oxygen atoms in total. The van der Waals surface area contributed by atoms with Crippen LogP contribution in [0.2, 0.25) is 0 Å². The number of hydrogen-bond acceptors (Lipinski definition) is 5. The maximum Gasteiger partial charge on any atom is 0.227 e. The molecule has 2 heterocycles. The van der Waals surface area contributed by atoms with Crippen molar-refractivity contribution in [2.24, 2.45) is 17.6 Å². The number of nitrogens with one attached hydrogen (secondary N) is 1. The van der Waals surface area contributed by atoms with Gasteiger partial charge in [-0.1, -0.05) is 0 Å². The van der Waals surface area contributed by atoms with Crippen molar-refractivity contribution >= 4 is 17.5 Å². The van der Waals surface area contributed by atoms with Crippen LogP contribution in [0.25, 0.3) is 0 Å². The van der Waals surface area contributed by atoms with Crippen LogP contribution < -0.4 is 25.4 Å². The van der Waals surface area contributed by atoms with Crippen molar-refractivity contribution in [3.63, 3.8) is 0 Å². The largest absolute Gasteiger partial charge is 0.486 e. The van der Waals surface area contributed by atoms with E-state index < -0.39 is 0 Å². The molecule has 1 aliphatic carbocycles. The molecular formula is C18H23N3O4. The second-order valence-electron chi connectivity index (χ2n) is 6.98. The van der Waals surface area contributed by atoms with Gasteiger partial charge in [-0.05, 0) is 30.9 Å². The average Bonchev–Trinajstić information content (AvgIpc) is 3.41. The molecule has 2 amide bonds. The Bertz CT molecular complexity index is 689. The van der Waals surface area contributed by atoms with Crippen molar-refractivity contribution in [2.45, 2.75) is 25.3 Å². The van der Waals surface area contributed by atoms with Crippen LogP contribution >= 0.6 is 0 Å². The van der Waals surface area contributed by atoms with Gasteiger partial charge < -0.3 is 25.4 Å². The normalized spacial score (nSPS) is 23.5. The zero-order chi connectivity index (χ0) is 17.4. The lowest BCUT2D eigenvalue weighted by atomic mass is 10.1.